The standard InChI is InChI=1S/C15H21NO2/c1-11(4-7-16)12-2-3-13-14(8-12)18-10-15(5-6-15)9-17-13/h2-3,8,11H,4-7,9-10,16H2,1H3. The predicted octanol–water partition coefficient (Wildman–Crippen LogP) is 2.69. The maximum absolute atomic E-state index is 5.94. The largest absolute Gasteiger partial charge is 0.489 e. The maximum atomic E-state index is 5.94. The molecule has 0 bridgehead atoms. The van der Waals surface area contributed by atoms with Crippen molar-refractivity contribution in [1.29, 1.82) is 0 Å². The van der Waals surface area contributed by atoms with Gasteiger partial charge in [-0.15, -0.1) is 0 Å². The summed E-state index contributed by atoms with van der Waals surface area (Å²) in [7, 11) is 0. The number of benzene rings is 1. The Labute approximate surface area is 108 Å². The highest BCUT2D eigenvalue weighted by atomic mass is 16.5. The van der Waals surface area contributed by atoms with Crippen LogP contribution in [0.25, 0.3) is 0 Å². The minimum Gasteiger partial charge on any atom is -0.489 e. The van der Waals surface area contributed by atoms with Crippen LogP contribution in [-0.2, 0) is 0 Å². The average molecular weight is 247 g/mol. The van der Waals surface area contributed by atoms with Gasteiger partial charge in [0, 0.05) is 5.41 Å². The molecule has 18 heavy (non-hydrogen) atoms. The summed E-state index contributed by atoms with van der Waals surface area (Å²) < 4.78 is 11.8. The zero-order valence-corrected chi connectivity index (χ0v) is 10.9. The van der Waals surface area contributed by atoms with Gasteiger partial charge in [0.1, 0.15) is 0 Å². The van der Waals surface area contributed by atoms with Gasteiger partial charge in [0.25, 0.3) is 0 Å². The predicted molar refractivity (Wildman–Crippen MR) is 71.2 cm³/mol. The van der Waals surface area contributed by atoms with Crippen molar-refractivity contribution in [2.24, 2.45) is 11.1 Å². The van der Waals surface area contributed by atoms with E-state index in [-0.39, 0.29) is 0 Å². The van der Waals surface area contributed by atoms with Gasteiger partial charge in [-0.1, -0.05) is 13.0 Å². The zero-order chi connectivity index (χ0) is 12.6. The Morgan fingerprint density at radius 2 is 1.94 bits per heavy atom. The van der Waals surface area contributed by atoms with Gasteiger partial charge >= 0.3 is 0 Å². The summed E-state index contributed by atoms with van der Waals surface area (Å²) in [6.45, 7) is 4.53. The van der Waals surface area contributed by atoms with Gasteiger partial charge < -0.3 is 15.2 Å². The number of hydrogen-bond acceptors (Lipinski definition) is 3. The highest BCUT2D eigenvalue weighted by Crippen LogP contribution is 2.49. The highest BCUT2D eigenvalue weighted by Gasteiger charge is 2.46. The summed E-state index contributed by atoms with van der Waals surface area (Å²) in [6.07, 6.45) is 3.47. The molecule has 1 saturated carbocycles. The first-order chi connectivity index (χ1) is 8.72. The second-order valence-electron chi connectivity index (χ2n) is 5.76. The lowest BCUT2D eigenvalue weighted by Crippen LogP contribution is -2.17. The van der Waals surface area contributed by atoms with Crippen molar-refractivity contribution >= 4 is 0 Å². The van der Waals surface area contributed by atoms with E-state index in [1.165, 1.54) is 18.4 Å². The third kappa shape index (κ3) is 2.19. The first-order valence-electron chi connectivity index (χ1n) is 6.82. The van der Waals surface area contributed by atoms with Crippen LogP contribution in [0.4, 0.5) is 0 Å². The van der Waals surface area contributed by atoms with Crippen LogP contribution in [0.1, 0.15) is 37.7 Å². The molecule has 1 aliphatic carbocycles. The number of ether oxygens (including phenoxy) is 2. The third-order valence-electron chi connectivity index (χ3n) is 4.16. The van der Waals surface area contributed by atoms with Crippen LogP contribution in [0.15, 0.2) is 18.2 Å². The second-order valence-corrected chi connectivity index (χ2v) is 5.76. The molecule has 3 rings (SSSR count). The molecule has 3 heteroatoms. The van der Waals surface area contributed by atoms with E-state index in [9.17, 15) is 0 Å². The fraction of sp³-hybridized carbons (Fsp3) is 0.600. The van der Waals surface area contributed by atoms with Crippen molar-refractivity contribution in [2.45, 2.75) is 32.1 Å². The SMILES string of the molecule is CC(CCN)c1ccc2c(c1)OCC1(CC1)CO2. The van der Waals surface area contributed by atoms with E-state index in [1.54, 1.807) is 0 Å². The van der Waals surface area contributed by atoms with Crippen LogP contribution in [0.5, 0.6) is 11.5 Å². The number of fused-ring (bicyclic) bond motifs is 1. The van der Waals surface area contributed by atoms with Gasteiger partial charge in [-0.3, -0.25) is 0 Å². The van der Waals surface area contributed by atoms with Crippen molar-refractivity contribution in [3.05, 3.63) is 23.8 Å². The van der Waals surface area contributed by atoms with Crippen LogP contribution in [0.2, 0.25) is 0 Å². The van der Waals surface area contributed by atoms with Crippen LogP contribution in [0, 0.1) is 5.41 Å². The Bertz CT molecular complexity index is 440. The van der Waals surface area contributed by atoms with Gasteiger partial charge in [0.05, 0.1) is 13.2 Å². The fourth-order valence-corrected chi connectivity index (χ4v) is 2.45. The molecule has 1 spiro atoms. The zero-order valence-electron chi connectivity index (χ0n) is 10.9. The van der Waals surface area contributed by atoms with Gasteiger partial charge in [-0.2, -0.15) is 0 Å². The first-order valence-corrected chi connectivity index (χ1v) is 6.82. The lowest BCUT2D eigenvalue weighted by molar-refractivity contribution is 0.197. The third-order valence-corrected chi connectivity index (χ3v) is 4.16. The molecule has 1 atom stereocenters. The smallest absolute Gasteiger partial charge is 0.161 e. The minimum absolute atomic E-state index is 0.308. The van der Waals surface area contributed by atoms with Crippen LogP contribution >= 0.6 is 0 Å². The van der Waals surface area contributed by atoms with Gasteiger partial charge in [0.2, 0.25) is 0 Å². The molecule has 0 amide bonds. The quantitative estimate of drug-likeness (QED) is 0.893. The normalized spacial score (nSPS) is 21.4. The van der Waals surface area contributed by atoms with Gasteiger partial charge in [-0.25, -0.2) is 0 Å². The molecular formula is C15H21NO2. The summed E-state index contributed by atoms with van der Waals surface area (Å²) in [5.74, 6) is 2.27. The molecule has 0 radical (unpaired) electrons. The molecule has 3 nitrogen and oxygen atoms in total. The Balaban J connectivity index is 1.80. The molecule has 0 saturated heterocycles. The van der Waals surface area contributed by atoms with Crippen molar-refractivity contribution in [3.8, 4) is 11.5 Å². The minimum atomic E-state index is 0.308. The molecule has 2 aliphatic rings. The van der Waals surface area contributed by atoms with Crippen LogP contribution in [-0.4, -0.2) is 19.8 Å². The summed E-state index contributed by atoms with van der Waals surface area (Å²) >= 11 is 0. The number of rotatable bonds is 3. The number of nitrogens with two attached hydrogens (primary N) is 1. The lowest BCUT2D eigenvalue weighted by atomic mass is 9.97. The Morgan fingerprint density at radius 3 is 2.61 bits per heavy atom. The van der Waals surface area contributed by atoms with E-state index in [2.05, 4.69) is 19.1 Å². The Hall–Kier alpha value is -1.22. The van der Waals surface area contributed by atoms with Gasteiger partial charge in [0.15, 0.2) is 11.5 Å². The molecule has 1 heterocycles. The maximum Gasteiger partial charge on any atom is 0.161 e. The van der Waals surface area contributed by atoms with Crippen molar-refractivity contribution in [2.75, 3.05) is 19.8 Å². The van der Waals surface area contributed by atoms with E-state index in [0.717, 1.165) is 37.7 Å². The van der Waals surface area contributed by atoms with E-state index in [0.29, 0.717) is 11.3 Å². The van der Waals surface area contributed by atoms with E-state index < -0.39 is 0 Å². The molecule has 98 valence electrons. The van der Waals surface area contributed by atoms with Gasteiger partial charge in [-0.05, 0) is 49.4 Å². The summed E-state index contributed by atoms with van der Waals surface area (Å²) in [5, 5.41) is 0. The first kappa shape index (κ1) is 11.8. The summed E-state index contributed by atoms with van der Waals surface area (Å²) in [6, 6.07) is 6.30. The molecule has 1 unspecified atom stereocenters. The molecule has 0 aromatic heterocycles. The summed E-state index contributed by atoms with van der Waals surface area (Å²) in [4.78, 5) is 0. The van der Waals surface area contributed by atoms with Crippen molar-refractivity contribution in [1.82, 2.24) is 0 Å². The second kappa shape index (κ2) is 4.47. The van der Waals surface area contributed by atoms with Crippen LogP contribution in [0.3, 0.4) is 0 Å². The topological polar surface area (TPSA) is 44.5 Å². The van der Waals surface area contributed by atoms with Crippen molar-refractivity contribution in [3.63, 3.8) is 0 Å². The lowest BCUT2D eigenvalue weighted by Gasteiger charge is -2.13. The molecule has 2 N–H and O–H groups in total. The molecular weight excluding hydrogens is 226 g/mol. The van der Waals surface area contributed by atoms with Crippen LogP contribution < -0.4 is 15.2 Å². The Morgan fingerprint density at radius 1 is 1.22 bits per heavy atom. The molecule has 1 aromatic carbocycles. The average Bonchev–Trinajstić information content (AvgIpc) is 3.17. The van der Waals surface area contributed by atoms with E-state index in [1.807, 2.05) is 6.07 Å². The Kier molecular flexibility index (Phi) is 2.94. The molecule has 1 fully saturated rings. The highest BCUT2D eigenvalue weighted by molar-refractivity contribution is 5.44. The monoisotopic (exact) mass is 247 g/mol. The molecule has 1 aromatic rings. The molecule has 1 aliphatic heterocycles. The fourth-order valence-electron chi connectivity index (χ4n) is 2.45. The summed E-state index contributed by atoms with van der Waals surface area (Å²) in [5.41, 5.74) is 7.21. The number of hydrogen-bond donors (Lipinski definition) is 1. The van der Waals surface area contributed by atoms with E-state index in [4.69, 9.17) is 15.2 Å². The van der Waals surface area contributed by atoms with Crippen molar-refractivity contribution < 1.29 is 9.47 Å². The van der Waals surface area contributed by atoms with E-state index >= 15 is 0 Å².